The summed E-state index contributed by atoms with van der Waals surface area (Å²) >= 11 is 0. The summed E-state index contributed by atoms with van der Waals surface area (Å²) in [7, 11) is -4.49. The number of rotatable bonds is 6. The Morgan fingerprint density at radius 3 is 2.09 bits per heavy atom. The first-order chi connectivity index (χ1) is 14.7. The van der Waals surface area contributed by atoms with Crippen molar-refractivity contribution < 1.29 is 13.2 Å². The highest BCUT2D eigenvalue weighted by molar-refractivity contribution is 7.90. The molecule has 1 aliphatic rings. The fourth-order valence-electron chi connectivity index (χ4n) is 4.33. The fourth-order valence-corrected chi connectivity index (χ4v) is 9.29. The quantitative estimate of drug-likeness (QED) is 0.634. The zero-order valence-corrected chi connectivity index (χ0v) is 23.2. The maximum atomic E-state index is 13.7. The first kappa shape index (κ1) is 24.7. The number of benzene rings is 2. The molecule has 2 aromatic rings. The molecule has 0 spiro atoms. The van der Waals surface area contributed by atoms with Gasteiger partial charge in [0.2, 0.25) is 0 Å². The minimum atomic E-state index is -3.60. The number of nitrogens with one attached hydrogen (secondary N) is 1. The first-order valence-corrected chi connectivity index (χ1v) is 19.3. The molecule has 0 bridgehead atoms. The fraction of sp³-hybridized carbons (Fsp3) is 0.435. The summed E-state index contributed by atoms with van der Waals surface area (Å²) in [6, 6.07) is 11.5. The van der Waals surface area contributed by atoms with Crippen molar-refractivity contribution in [2.75, 3.05) is 30.3 Å². The van der Waals surface area contributed by atoms with Gasteiger partial charge in [-0.1, -0.05) is 57.5 Å². The maximum absolute atomic E-state index is 13.7. The van der Waals surface area contributed by atoms with Crippen molar-refractivity contribution in [3.63, 3.8) is 0 Å². The Labute approximate surface area is 194 Å². The van der Waals surface area contributed by atoms with Crippen molar-refractivity contribution in [3.05, 3.63) is 47.5 Å². The molecular weight excluding hydrogens is 455 g/mol. The molecule has 0 aliphatic carbocycles. The first-order valence-electron chi connectivity index (χ1n) is 10.9. The Bertz CT molecular complexity index is 1140. The van der Waals surface area contributed by atoms with Crippen molar-refractivity contribution in [1.29, 1.82) is 0 Å². The minimum Gasteiger partial charge on any atom is -0.322 e. The topological polar surface area (TPSA) is 69.7 Å². The summed E-state index contributed by atoms with van der Waals surface area (Å²) in [5.41, 5.74) is 3.31. The lowest BCUT2D eigenvalue weighted by molar-refractivity contribution is 0.102. The molecule has 0 fully saturated rings. The molecule has 6 nitrogen and oxygen atoms in total. The van der Waals surface area contributed by atoms with E-state index in [0.29, 0.717) is 13.0 Å². The summed E-state index contributed by atoms with van der Waals surface area (Å²) < 4.78 is 28.9. The lowest BCUT2D eigenvalue weighted by atomic mass is 10.1. The molecule has 0 atom stereocenters. The van der Waals surface area contributed by atoms with E-state index in [-0.39, 0.29) is 5.91 Å². The molecule has 0 aromatic heterocycles. The Morgan fingerprint density at radius 2 is 1.59 bits per heavy atom. The zero-order chi connectivity index (χ0) is 24.1. The monoisotopic (exact) mass is 489 g/mol. The number of hydrogen-bond donors (Lipinski definition) is 1. The average Bonchev–Trinajstić information content (AvgIpc) is 3.10. The van der Waals surface area contributed by atoms with Crippen LogP contribution in [0.3, 0.4) is 0 Å². The summed E-state index contributed by atoms with van der Waals surface area (Å²) in [6.07, 6.45) is 0.625. The third-order valence-electron chi connectivity index (χ3n) is 5.80. The van der Waals surface area contributed by atoms with Crippen LogP contribution in [0.5, 0.6) is 0 Å². The number of anilines is 2. The predicted molar refractivity (Wildman–Crippen MR) is 140 cm³/mol. The summed E-state index contributed by atoms with van der Waals surface area (Å²) in [4.78, 5) is 13.7. The molecule has 1 heterocycles. The molecule has 0 saturated carbocycles. The second kappa shape index (κ2) is 8.44. The van der Waals surface area contributed by atoms with E-state index in [0.717, 1.165) is 32.9 Å². The van der Waals surface area contributed by atoms with Crippen molar-refractivity contribution in [1.82, 2.24) is 4.31 Å². The molecule has 9 heteroatoms. The van der Waals surface area contributed by atoms with E-state index < -0.39 is 26.4 Å². The van der Waals surface area contributed by atoms with Crippen LogP contribution in [-0.4, -0.2) is 55.4 Å². The highest BCUT2D eigenvalue weighted by Gasteiger charge is 2.40. The van der Waals surface area contributed by atoms with Crippen molar-refractivity contribution >= 4 is 54.0 Å². The smallest absolute Gasteiger partial charge is 0.303 e. The summed E-state index contributed by atoms with van der Waals surface area (Å²) in [6.45, 7) is 13.7. The largest absolute Gasteiger partial charge is 0.322 e. The van der Waals surface area contributed by atoms with Crippen LogP contribution in [0.15, 0.2) is 36.4 Å². The highest BCUT2D eigenvalue weighted by atomic mass is 32.2. The Hall–Kier alpha value is -1.95. The van der Waals surface area contributed by atoms with Gasteiger partial charge >= 0.3 is 10.2 Å². The third-order valence-corrected chi connectivity index (χ3v) is 11.7. The van der Waals surface area contributed by atoms with Crippen molar-refractivity contribution in [2.24, 2.45) is 0 Å². The van der Waals surface area contributed by atoms with Crippen molar-refractivity contribution in [3.8, 4) is 0 Å². The Balaban J connectivity index is 2.31. The van der Waals surface area contributed by atoms with E-state index >= 15 is 0 Å². The van der Waals surface area contributed by atoms with Gasteiger partial charge in [-0.15, -0.1) is 0 Å². The normalized spacial score (nSPS) is 14.6. The Kier molecular flexibility index (Phi) is 6.51. The number of fused-ring (bicyclic) bond motifs is 1. The van der Waals surface area contributed by atoms with Gasteiger partial charge in [-0.3, -0.25) is 9.10 Å². The van der Waals surface area contributed by atoms with Gasteiger partial charge < -0.3 is 5.32 Å². The SMILES string of the molecule is CN(C)S(=O)(=O)N1CCc2c1cc([Si](C)(C)C)c(C(=O)Nc1ccccc1)c2[Si](C)(C)C. The minimum absolute atomic E-state index is 0.0947. The number of carbonyl (C=O) groups is 1. The molecule has 1 N–H and O–H groups in total. The van der Waals surface area contributed by atoms with Gasteiger partial charge in [0.25, 0.3) is 5.91 Å². The second-order valence-corrected chi connectivity index (χ2v) is 22.7. The second-order valence-electron chi connectivity index (χ2n) is 10.6. The van der Waals surface area contributed by atoms with E-state index in [1.165, 1.54) is 8.61 Å². The number of para-hydroxylation sites is 1. The molecule has 32 heavy (non-hydrogen) atoms. The van der Waals surface area contributed by atoms with Crippen molar-refractivity contribution in [2.45, 2.75) is 45.7 Å². The molecule has 1 aliphatic heterocycles. The third kappa shape index (κ3) is 4.57. The average molecular weight is 490 g/mol. The predicted octanol–water partition coefficient (Wildman–Crippen LogP) is 3.20. The van der Waals surface area contributed by atoms with Gasteiger partial charge in [0, 0.05) is 31.9 Å². The van der Waals surface area contributed by atoms with E-state index in [4.69, 9.17) is 0 Å². The van der Waals surface area contributed by atoms with Crippen LogP contribution < -0.4 is 20.0 Å². The van der Waals surface area contributed by atoms with Gasteiger partial charge in [0.1, 0.15) is 0 Å². The summed E-state index contributed by atoms with van der Waals surface area (Å²) in [5.74, 6) is -0.0947. The van der Waals surface area contributed by atoms with Crippen LogP contribution in [0, 0.1) is 0 Å². The highest BCUT2D eigenvalue weighted by Crippen LogP contribution is 2.33. The van der Waals surface area contributed by atoms with Crippen LogP contribution in [0.2, 0.25) is 39.3 Å². The van der Waals surface area contributed by atoms with E-state index in [1.54, 1.807) is 14.1 Å². The molecule has 0 radical (unpaired) electrons. The van der Waals surface area contributed by atoms with Gasteiger partial charge in [0.05, 0.1) is 21.8 Å². The van der Waals surface area contributed by atoms with Crippen LogP contribution >= 0.6 is 0 Å². The van der Waals surface area contributed by atoms with Gasteiger partial charge in [-0.25, -0.2) is 0 Å². The molecule has 0 unspecified atom stereocenters. The van der Waals surface area contributed by atoms with Crippen LogP contribution in [0.25, 0.3) is 0 Å². The standard InChI is InChI=1S/C23H35N3O3SSi2/c1-25(2)30(28,29)26-15-14-18-19(26)16-20(31(3,4)5)21(22(18)32(6,7)8)23(27)24-17-12-10-9-11-13-17/h9-13,16H,14-15H2,1-8H3,(H,24,27). The van der Waals surface area contributed by atoms with E-state index in [1.807, 2.05) is 36.4 Å². The molecular formula is C23H35N3O3SSi2. The molecule has 2 aromatic carbocycles. The number of hydrogen-bond acceptors (Lipinski definition) is 3. The summed E-state index contributed by atoms with van der Waals surface area (Å²) in [5, 5.41) is 5.21. The van der Waals surface area contributed by atoms with Gasteiger partial charge in [-0.05, 0) is 40.6 Å². The zero-order valence-electron chi connectivity index (χ0n) is 20.4. The maximum Gasteiger partial charge on any atom is 0.303 e. The van der Waals surface area contributed by atoms with E-state index in [9.17, 15) is 13.2 Å². The molecule has 1 amide bonds. The van der Waals surface area contributed by atoms with Gasteiger partial charge in [0.15, 0.2) is 0 Å². The number of amides is 1. The lowest BCUT2D eigenvalue weighted by Gasteiger charge is -2.32. The number of carbonyl (C=O) groups excluding carboxylic acids is 1. The molecule has 0 saturated heterocycles. The van der Waals surface area contributed by atoms with Gasteiger partial charge in [-0.2, -0.15) is 12.7 Å². The number of nitrogens with zero attached hydrogens (tertiary/aromatic N) is 2. The molecule has 174 valence electrons. The van der Waals surface area contributed by atoms with Crippen LogP contribution in [0.1, 0.15) is 15.9 Å². The van der Waals surface area contributed by atoms with E-state index in [2.05, 4.69) is 44.6 Å². The molecule has 3 rings (SSSR count). The van der Waals surface area contributed by atoms with Crippen LogP contribution in [0.4, 0.5) is 11.4 Å². The lowest BCUT2D eigenvalue weighted by Crippen LogP contribution is -2.53. The van der Waals surface area contributed by atoms with Crippen LogP contribution in [-0.2, 0) is 16.6 Å². The Morgan fingerprint density at radius 1 is 1.00 bits per heavy atom.